The molecule has 0 aliphatic carbocycles. The van der Waals surface area contributed by atoms with Gasteiger partial charge in [-0.3, -0.25) is 0 Å². The second kappa shape index (κ2) is 12.1. The smallest absolute Gasteiger partial charge is 0.322 e. The molecule has 0 unspecified atom stereocenters. The van der Waals surface area contributed by atoms with Gasteiger partial charge in [0.15, 0.2) is 69.8 Å². The van der Waals surface area contributed by atoms with Crippen molar-refractivity contribution in [3.63, 3.8) is 0 Å². The highest BCUT2D eigenvalue weighted by molar-refractivity contribution is 6.36. The van der Waals surface area contributed by atoms with Gasteiger partial charge in [-0.1, -0.05) is 0 Å². The van der Waals surface area contributed by atoms with Gasteiger partial charge in [0.2, 0.25) is 17.5 Å². The van der Waals surface area contributed by atoms with Crippen LogP contribution in [0.4, 0.5) is 92.2 Å². The van der Waals surface area contributed by atoms with Crippen molar-refractivity contribution in [2.45, 2.75) is 18.3 Å². The molecule has 0 aromatic heterocycles. The normalized spacial score (nSPS) is 12.7. The molecule has 0 aliphatic heterocycles. The molecule has 0 fully saturated rings. The molecule has 0 saturated heterocycles. The predicted molar refractivity (Wildman–Crippen MR) is 99.4 cm³/mol. The lowest BCUT2D eigenvalue weighted by atomic mass is 10.1. The van der Waals surface area contributed by atoms with E-state index >= 15 is 0 Å². The summed E-state index contributed by atoms with van der Waals surface area (Å²) < 4.78 is 300. The van der Waals surface area contributed by atoms with Crippen molar-refractivity contribution >= 4 is 7.32 Å². The molecule has 3 rings (SSSR count). The fraction of sp³-hybridized carbons (Fsp3) is 0.143. The first-order valence-electron chi connectivity index (χ1n) is 10.5. The van der Waals surface area contributed by atoms with E-state index in [1.165, 1.54) is 0 Å². The zero-order valence-corrected chi connectivity index (χ0v) is 20.2. The third-order valence-corrected chi connectivity index (χ3v) is 5.24. The Hall–Kier alpha value is -3.87. The van der Waals surface area contributed by atoms with E-state index in [4.69, 9.17) is 0 Å². The molecule has 3 aromatic carbocycles. The lowest BCUT2D eigenvalue weighted by Crippen LogP contribution is -2.44. The van der Waals surface area contributed by atoms with Gasteiger partial charge in [-0.05, 0) is 0 Å². The maximum Gasteiger partial charge on any atom is 0.653 e. The van der Waals surface area contributed by atoms with Gasteiger partial charge in [-0.15, -0.1) is 0 Å². The second-order valence-electron chi connectivity index (χ2n) is 8.03. The van der Waals surface area contributed by atoms with E-state index in [1.54, 1.807) is 0 Å². The Morgan fingerprint density at radius 2 is 0.391 bits per heavy atom. The maximum atomic E-state index is 14.6. The number of benzene rings is 3. The molecule has 0 saturated carbocycles. The minimum atomic E-state index is -6.55. The Morgan fingerprint density at radius 3 is 0.543 bits per heavy atom. The number of alkyl halides is 6. The average molecular weight is 710 g/mol. The molecule has 0 radical (unpaired) electrons. The van der Waals surface area contributed by atoms with Gasteiger partial charge in [0.25, 0.3) is 0 Å². The van der Waals surface area contributed by atoms with Crippen molar-refractivity contribution < 1.29 is 106 Å². The van der Waals surface area contributed by atoms with E-state index in [1.807, 2.05) is 0 Å². The first kappa shape index (κ1) is 36.6. The molecule has 0 spiro atoms. The first-order valence-corrected chi connectivity index (χ1v) is 10.5. The van der Waals surface area contributed by atoms with Crippen molar-refractivity contribution in [2.24, 2.45) is 0 Å². The third kappa shape index (κ3) is 6.01. The Kier molecular flexibility index (Phi) is 9.59. The van der Waals surface area contributed by atoms with Crippen LogP contribution in [0.25, 0.3) is 0 Å². The third-order valence-electron chi connectivity index (χ3n) is 5.24. The molecule has 0 aliphatic rings. The quantitative estimate of drug-likeness (QED) is 0.0968. The van der Waals surface area contributed by atoms with Crippen molar-refractivity contribution in [3.05, 3.63) is 104 Å². The Balaban J connectivity index is 2.26. The summed E-state index contributed by atoms with van der Waals surface area (Å²) in [4.78, 5) is 0. The second-order valence-corrected chi connectivity index (χ2v) is 8.03. The van der Waals surface area contributed by atoms with Crippen LogP contribution in [0.2, 0.25) is 0 Å². The number of hydrogen-bond acceptors (Lipinski definition) is 3. The Bertz CT molecular complexity index is 1440. The van der Waals surface area contributed by atoms with Crippen LogP contribution in [-0.2, 0) is 32.3 Å². The lowest BCUT2D eigenvalue weighted by molar-refractivity contribution is -0.289. The standard InChI is InChI=1S/C21BF21O3/c23-4-1(5(24)11(30)16(35)10(4)29)19(38,39)44-22(45-20(40,41)2-6(25)12(31)17(36)13(32)7(2)26)46-21(42,43)3-8(27)14(33)18(37)15(34)9(3)28. The van der Waals surface area contributed by atoms with Crippen molar-refractivity contribution in [1.82, 2.24) is 0 Å². The van der Waals surface area contributed by atoms with Crippen LogP contribution in [0.1, 0.15) is 16.7 Å². The molecular formula is C21BF21O3. The van der Waals surface area contributed by atoms with Gasteiger partial charge in [0.05, 0.1) is 0 Å². The molecule has 0 atom stereocenters. The molecule has 252 valence electrons. The number of halogens is 21. The van der Waals surface area contributed by atoms with E-state index < -0.39 is 130 Å². The van der Waals surface area contributed by atoms with E-state index in [0.29, 0.717) is 0 Å². The largest absolute Gasteiger partial charge is 0.653 e. The topological polar surface area (TPSA) is 27.7 Å². The zero-order valence-electron chi connectivity index (χ0n) is 20.2. The van der Waals surface area contributed by atoms with Gasteiger partial charge in [0, 0.05) is 0 Å². The molecule has 0 bridgehead atoms. The van der Waals surface area contributed by atoms with Crippen LogP contribution in [0.15, 0.2) is 0 Å². The Labute approximate surface area is 236 Å². The summed E-state index contributed by atoms with van der Waals surface area (Å²) in [6.45, 7) is 0. The van der Waals surface area contributed by atoms with Crippen molar-refractivity contribution in [2.75, 3.05) is 0 Å². The molecule has 0 N–H and O–H groups in total. The number of rotatable bonds is 9. The van der Waals surface area contributed by atoms with Gasteiger partial charge in [0.1, 0.15) is 16.7 Å². The molecular weight excluding hydrogens is 710 g/mol. The van der Waals surface area contributed by atoms with Crippen molar-refractivity contribution in [1.29, 1.82) is 0 Å². The highest BCUT2D eigenvalue weighted by Gasteiger charge is 2.57. The van der Waals surface area contributed by atoms with Crippen LogP contribution in [0.5, 0.6) is 0 Å². The van der Waals surface area contributed by atoms with Crippen LogP contribution in [0, 0.1) is 87.3 Å². The molecule has 3 aromatic rings. The first-order chi connectivity index (χ1) is 20.8. The maximum absolute atomic E-state index is 14.6. The lowest BCUT2D eigenvalue weighted by Gasteiger charge is -2.28. The summed E-state index contributed by atoms with van der Waals surface area (Å²) >= 11 is 0. The molecule has 25 heteroatoms. The molecule has 46 heavy (non-hydrogen) atoms. The van der Waals surface area contributed by atoms with Gasteiger partial charge in [-0.2, -0.15) is 26.3 Å². The van der Waals surface area contributed by atoms with E-state index in [0.717, 1.165) is 0 Å². The SMILES string of the molecule is Fc1c(F)c(F)c(C(F)(F)OB(OC(F)(F)c2c(F)c(F)c(F)c(F)c2F)OC(F)(F)c2c(F)c(F)c(F)c(F)c2F)c(F)c1F. The summed E-state index contributed by atoms with van der Waals surface area (Å²) in [6.07, 6.45) is -19.6. The van der Waals surface area contributed by atoms with Crippen molar-refractivity contribution in [3.8, 4) is 0 Å². The fourth-order valence-corrected chi connectivity index (χ4v) is 3.19. The van der Waals surface area contributed by atoms with Gasteiger partial charge < -0.3 is 14.0 Å². The monoisotopic (exact) mass is 710 g/mol. The summed E-state index contributed by atoms with van der Waals surface area (Å²) in [5.41, 5.74) is -10.7. The highest BCUT2D eigenvalue weighted by atomic mass is 19.3. The molecule has 3 nitrogen and oxygen atoms in total. The molecule has 0 amide bonds. The van der Waals surface area contributed by atoms with E-state index in [-0.39, 0.29) is 0 Å². The predicted octanol–water partition coefficient (Wildman–Crippen LogP) is 8.36. The summed E-state index contributed by atoms with van der Waals surface area (Å²) in [7, 11) is -5.22. The van der Waals surface area contributed by atoms with Gasteiger partial charge in [-0.25, -0.2) is 65.9 Å². The van der Waals surface area contributed by atoms with E-state index in [9.17, 15) is 92.2 Å². The van der Waals surface area contributed by atoms with Crippen LogP contribution in [-0.4, -0.2) is 7.32 Å². The van der Waals surface area contributed by atoms with Crippen LogP contribution in [0.3, 0.4) is 0 Å². The summed E-state index contributed by atoms with van der Waals surface area (Å²) in [5, 5.41) is 0. The fourth-order valence-electron chi connectivity index (χ4n) is 3.19. The minimum absolute atomic E-state index is 2.89. The summed E-state index contributed by atoms with van der Waals surface area (Å²) in [6, 6.07) is 0. The van der Waals surface area contributed by atoms with E-state index in [2.05, 4.69) is 14.0 Å². The minimum Gasteiger partial charge on any atom is -0.322 e. The average Bonchev–Trinajstić information content (AvgIpc) is 2.93. The highest BCUT2D eigenvalue weighted by Crippen LogP contribution is 2.44. The molecule has 0 heterocycles. The number of hydrogen-bond donors (Lipinski definition) is 0. The van der Waals surface area contributed by atoms with Gasteiger partial charge >= 0.3 is 25.6 Å². The van der Waals surface area contributed by atoms with Crippen LogP contribution < -0.4 is 0 Å². The van der Waals surface area contributed by atoms with Crippen LogP contribution >= 0.6 is 0 Å². The zero-order chi connectivity index (χ0) is 35.6. The Morgan fingerprint density at radius 1 is 0.261 bits per heavy atom. The summed E-state index contributed by atoms with van der Waals surface area (Å²) in [5.74, 6) is -50.9.